The van der Waals surface area contributed by atoms with Gasteiger partial charge >= 0.3 is 0 Å². The Morgan fingerprint density at radius 2 is 1.58 bits per heavy atom. The molecule has 0 spiro atoms. The molecule has 2 bridgehead atoms. The molecular weight excluding hydrogens is 304 g/mol. The van der Waals surface area contributed by atoms with Gasteiger partial charge in [-0.3, -0.25) is 0 Å². The van der Waals surface area contributed by atoms with Crippen molar-refractivity contribution >= 4 is 0 Å². The molecule has 3 atom stereocenters. The topological polar surface area (TPSA) is 36.9 Å². The Balaban J connectivity index is 1.35. The summed E-state index contributed by atoms with van der Waals surface area (Å²) in [6.45, 7) is 2.73. The maximum absolute atomic E-state index is 6.15. The van der Waals surface area contributed by atoms with Crippen molar-refractivity contribution in [3.8, 4) is 0 Å². The molecule has 4 rings (SSSR count). The van der Waals surface area contributed by atoms with E-state index in [1.165, 1.54) is 0 Å². The molecule has 0 amide bonds. The van der Waals surface area contributed by atoms with Crippen molar-refractivity contribution in [1.29, 1.82) is 0 Å². The van der Waals surface area contributed by atoms with Crippen LogP contribution in [0.5, 0.6) is 0 Å². The first-order chi connectivity index (χ1) is 11.9. The van der Waals surface area contributed by atoms with Crippen LogP contribution in [0.1, 0.15) is 11.1 Å². The summed E-state index contributed by atoms with van der Waals surface area (Å²) in [5, 5.41) is 0. The molecule has 126 valence electrons. The lowest BCUT2D eigenvalue weighted by Crippen LogP contribution is -2.46. The summed E-state index contributed by atoms with van der Waals surface area (Å²) in [6.07, 6.45) is -0.0671. The van der Waals surface area contributed by atoms with Gasteiger partial charge in [0, 0.05) is 0 Å². The fourth-order valence-electron chi connectivity index (χ4n) is 3.36. The minimum Gasteiger partial charge on any atom is -0.374 e. The normalized spacial score (nSPS) is 28.3. The average molecular weight is 326 g/mol. The third-order valence-corrected chi connectivity index (χ3v) is 4.66. The quantitative estimate of drug-likeness (QED) is 0.784. The minimum atomic E-state index is -0.478. The van der Waals surface area contributed by atoms with E-state index in [0.717, 1.165) is 11.1 Å². The molecule has 2 saturated heterocycles. The summed E-state index contributed by atoms with van der Waals surface area (Å²) in [4.78, 5) is 0. The highest BCUT2D eigenvalue weighted by Gasteiger charge is 2.57. The van der Waals surface area contributed by atoms with Gasteiger partial charge in [0.15, 0.2) is 0 Å². The second-order valence-corrected chi connectivity index (χ2v) is 6.42. The molecule has 0 radical (unpaired) electrons. The molecule has 24 heavy (non-hydrogen) atoms. The summed E-state index contributed by atoms with van der Waals surface area (Å²) in [6, 6.07) is 20.3. The van der Waals surface area contributed by atoms with Crippen molar-refractivity contribution in [2.75, 3.05) is 19.8 Å². The van der Waals surface area contributed by atoms with E-state index in [2.05, 4.69) is 24.3 Å². The van der Waals surface area contributed by atoms with Crippen LogP contribution in [0.4, 0.5) is 0 Å². The first-order valence-electron chi connectivity index (χ1n) is 8.38. The Bertz CT molecular complexity index is 635. The van der Waals surface area contributed by atoms with Gasteiger partial charge in [0.05, 0.1) is 33.0 Å². The lowest BCUT2D eigenvalue weighted by atomic mass is 10.0. The van der Waals surface area contributed by atoms with Crippen molar-refractivity contribution in [3.05, 3.63) is 71.8 Å². The fraction of sp³-hybridized carbons (Fsp3) is 0.400. The van der Waals surface area contributed by atoms with E-state index in [9.17, 15) is 0 Å². The first kappa shape index (κ1) is 15.8. The molecule has 4 nitrogen and oxygen atoms in total. The Kier molecular flexibility index (Phi) is 4.63. The van der Waals surface area contributed by atoms with Crippen LogP contribution in [-0.4, -0.2) is 37.6 Å². The lowest BCUT2D eigenvalue weighted by molar-refractivity contribution is -0.144. The van der Waals surface area contributed by atoms with Crippen molar-refractivity contribution in [2.24, 2.45) is 0 Å². The molecular formula is C20H22O4. The van der Waals surface area contributed by atoms with Crippen LogP contribution >= 0.6 is 0 Å². The van der Waals surface area contributed by atoms with E-state index in [-0.39, 0.29) is 12.2 Å². The number of fused-ring (bicyclic) bond motifs is 2. The third-order valence-electron chi connectivity index (χ3n) is 4.66. The van der Waals surface area contributed by atoms with E-state index in [1.54, 1.807) is 0 Å². The molecule has 2 aromatic carbocycles. The predicted molar refractivity (Wildman–Crippen MR) is 89.5 cm³/mol. The molecule has 4 heteroatoms. The van der Waals surface area contributed by atoms with Gasteiger partial charge < -0.3 is 18.9 Å². The van der Waals surface area contributed by atoms with E-state index >= 15 is 0 Å². The smallest absolute Gasteiger partial charge is 0.143 e. The van der Waals surface area contributed by atoms with Gasteiger partial charge in [0.1, 0.15) is 17.8 Å². The minimum absolute atomic E-state index is 0.00837. The highest BCUT2D eigenvalue weighted by molar-refractivity contribution is 5.15. The van der Waals surface area contributed by atoms with Crippen molar-refractivity contribution in [3.63, 3.8) is 0 Å². The van der Waals surface area contributed by atoms with Gasteiger partial charge in [-0.05, 0) is 11.1 Å². The maximum atomic E-state index is 6.15. The molecule has 0 aromatic heterocycles. The molecule has 2 aliphatic heterocycles. The van der Waals surface area contributed by atoms with E-state index in [1.807, 2.05) is 36.4 Å². The van der Waals surface area contributed by atoms with Gasteiger partial charge in [-0.15, -0.1) is 0 Å². The summed E-state index contributed by atoms with van der Waals surface area (Å²) < 4.78 is 23.9. The van der Waals surface area contributed by atoms with Gasteiger partial charge in [0.25, 0.3) is 0 Å². The van der Waals surface area contributed by atoms with Crippen LogP contribution < -0.4 is 0 Å². The molecule has 0 unspecified atom stereocenters. The predicted octanol–water partition coefficient (Wildman–Crippen LogP) is 2.96. The van der Waals surface area contributed by atoms with E-state index < -0.39 is 5.60 Å². The van der Waals surface area contributed by atoms with Crippen LogP contribution in [0.15, 0.2) is 60.7 Å². The molecule has 2 aromatic rings. The highest BCUT2D eigenvalue weighted by atomic mass is 16.7. The Morgan fingerprint density at radius 1 is 0.917 bits per heavy atom. The van der Waals surface area contributed by atoms with Crippen molar-refractivity contribution < 1.29 is 18.9 Å². The Labute approximate surface area is 142 Å². The highest BCUT2D eigenvalue weighted by Crippen LogP contribution is 2.38. The SMILES string of the molecule is c1ccc(COC[C@]23CO[C@H](CO2)[C@H]3OCc2ccccc2)cc1. The van der Waals surface area contributed by atoms with Crippen LogP contribution in [0, 0.1) is 0 Å². The van der Waals surface area contributed by atoms with E-state index in [0.29, 0.717) is 33.0 Å². The Hall–Kier alpha value is -1.72. The van der Waals surface area contributed by atoms with Gasteiger partial charge in [0.2, 0.25) is 0 Å². The zero-order valence-electron chi connectivity index (χ0n) is 13.6. The monoisotopic (exact) mass is 326 g/mol. The van der Waals surface area contributed by atoms with Crippen LogP contribution in [0.3, 0.4) is 0 Å². The largest absolute Gasteiger partial charge is 0.374 e. The standard InChI is InChI=1S/C20H22O4/c1-3-7-16(8-4-1)11-21-14-20-15-23-18(13-24-20)19(20)22-12-17-9-5-2-6-10-17/h1-10,18-19H,11-15H2/t18-,19-,20-/m1/s1. The fourth-order valence-corrected chi connectivity index (χ4v) is 3.36. The summed E-state index contributed by atoms with van der Waals surface area (Å²) in [5.41, 5.74) is 1.84. The van der Waals surface area contributed by atoms with Crippen LogP contribution in [0.2, 0.25) is 0 Å². The summed E-state index contributed by atoms with van der Waals surface area (Å²) >= 11 is 0. The third kappa shape index (κ3) is 3.23. The second-order valence-electron chi connectivity index (χ2n) is 6.42. The van der Waals surface area contributed by atoms with Gasteiger partial charge in [-0.25, -0.2) is 0 Å². The molecule has 2 aliphatic rings. The van der Waals surface area contributed by atoms with Crippen LogP contribution in [0.25, 0.3) is 0 Å². The average Bonchev–Trinajstić information content (AvgIpc) is 3.16. The second kappa shape index (κ2) is 7.03. The zero-order chi connectivity index (χ0) is 16.2. The Morgan fingerprint density at radius 3 is 2.21 bits per heavy atom. The number of hydrogen-bond donors (Lipinski definition) is 0. The molecule has 0 saturated carbocycles. The van der Waals surface area contributed by atoms with E-state index in [4.69, 9.17) is 18.9 Å². The van der Waals surface area contributed by atoms with Gasteiger partial charge in [-0.1, -0.05) is 60.7 Å². The van der Waals surface area contributed by atoms with Crippen LogP contribution in [-0.2, 0) is 32.2 Å². The molecule has 2 fully saturated rings. The summed E-state index contributed by atoms with van der Waals surface area (Å²) in [7, 11) is 0. The molecule has 0 N–H and O–H groups in total. The first-order valence-corrected chi connectivity index (χ1v) is 8.38. The molecule has 2 heterocycles. The number of ether oxygens (including phenoxy) is 4. The molecule has 0 aliphatic carbocycles. The maximum Gasteiger partial charge on any atom is 0.143 e. The number of rotatable bonds is 7. The van der Waals surface area contributed by atoms with Crippen molar-refractivity contribution in [1.82, 2.24) is 0 Å². The van der Waals surface area contributed by atoms with Crippen molar-refractivity contribution in [2.45, 2.75) is 31.0 Å². The number of benzene rings is 2. The van der Waals surface area contributed by atoms with Gasteiger partial charge in [-0.2, -0.15) is 0 Å². The zero-order valence-corrected chi connectivity index (χ0v) is 13.6. The lowest BCUT2D eigenvalue weighted by Gasteiger charge is -2.29. The summed E-state index contributed by atoms with van der Waals surface area (Å²) in [5.74, 6) is 0. The number of hydrogen-bond acceptors (Lipinski definition) is 4.